The molecule has 19 heavy (non-hydrogen) atoms. The quantitative estimate of drug-likeness (QED) is 0.737. The molecule has 0 unspecified atom stereocenters. The minimum atomic E-state index is -4.21. The summed E-state index contributed by atoms with van der Waals surface area (Å²) in [4.78, 5) is 0. The molecule has 1 aliphatic rings. The minimum Gasteiger partial charge on any atom is -0.170 e. The van der Waals surface area contributed by atoms with E-state index in [4.69, 9.17) is 0 Å². The zero-order chi connectivity index (χ0) is 13.5. The highest BCUT2D eigenvalue weighted by molar-refractivity contribution is 5.45. The van der Waals surface area contributed by atoms with Gasteiger partial charge in [-0.25, -0.2) is 0 Å². The highest BCUT2D eigenvalue weighted by Crippen LogP contribution is 2.67. The molecule has 98 valence electrons. The summed E-state index contributed by atoms with van der Waals surface area (Å²) in [5, 5.41) is 0. The molecule has 3 heteroatoms. The van der Waals surface area contributed by atoms with E-state index in [2.05, 4.69) is 0 Å². The summed E-state index contributed by atoms with van der Waals surface area (Å²) in [5.74, 6) is -0.462. The maximum absolute atomic E-state index is 13.5. The lowest BCUT2D eigenvalue weighted by atomic mass is 9.90. The Balaban J connectivity index is 2.04. The third-order valence-electron chi connectivity index (χ3n) is 3.96. The van der Waals surface area contributed by atoms with Crippen LogP contribution in [-0.4, -0.2) is 6.18 Å². The van der Waals surface area contributed by atoms with Crippen molar-refractivity contribution in [3.63, 3.8) is 0 Å². The summed E-state index contributed by atoms with van der Waals surface area (Å²) in [5.41, 5.74) is -0.560. The Morgan fingerprint density at radius 2 is 1.37 bits per heavy atom. The highest BCUT2D eigenvalue weighted by Gasteiger charge is 2.71. The molecule has 0 bridgehead atoms. The minimum absolute atomic E-state index is 0.143. The average Bonchev–Trinajstić information content (AvgIpc) is 3.17. The predicted octanol–water partition coefficient (Wildman–Crippen LogP) is 4.67. The number of hydrogen-bond donors (Lipinski definition) is 0. The number of hydrogen-bond acceptors (Lipinski definition) is 0. The second-order valence-electron chi connectivity index (χ2n) is 5.00. The van der Waals surface area contributed by atoms with E-state index in [9.17, 15) is 13.2 Å². The predicted molar refractivity (Wildman–Crippen MR) is 68.0 cm³/mol. The molecule has 2 aromatic carbocycles. The third-order valence-corrected chi connectivity index (χ3v) is 3.96. The van der Waals surface area contributed by atoms with Gasteiger partial charge in [0.25, 0.3) is 0 Å². The van der Waals surface area contributed by atoms with Crippen LogP contribution in [0.1, 0.15) is 23.5 Å². The van der Waals surface area contributed by atoms with Gasteiger partial charge in [-0.3, -0.25) is 0 Å². The molecular formula is C16H13F3. The van der Waals surface area contributed by atoms with Crippen LogP contribution in [0.15, 0.2) is 60.7 Å². The van der Waals surface area contributed by atoms with Crippen molar-refractivity contribution < 1.29 is 13.2 Å². The first-order valence-corrected chi connectivity index (χ1v) is 6.23. The summed E-state index contributed by atoms with van der Waals surface area (Å²) >= 11 is 0. The van der Waals surface area contributed by atoms with Crippen LogP contribution >= 0.6 is 0 Å². The van der Waals surface area contributed by atoms with Crippen molar-refractivity contribution in [2.75, 3.05) is 0 Å². The van der Waals surface area contributed by atoms with E-state index in [0.29, 0.717) is 5.56 Å². The first-order valence-electron chi connectivity index (χ1n) is 6.23. The Bertz CT molecular complexity index is 560. The fraction of sp³-hybridized carbons (Fsp3) is 0.250. The monoisotopic (exact) mass is 262 g/mol. The van der Waals surface area contributed by atoms with Gasteiger partial charge in [0.2, 0.25) is 0 Å². The summed E-state index contributed by atoms with van der Waals surface area (Å²) < 4.78 is 40.6. The van der Waals surface area contributed by atoms with Crippen LogP contribution in [0.5, 0.6) is 0 Å². The molecule has 0 radical (unpaired) electrons. The van der Waals surface area contributed by atoms with Gasteiger partial charge in [-0.05, 0) is 17.5 Å². The van der Waals surface area contributed by atoms with Gasteiger partial charge in [-0.1, -0.05) is 60.7 Å². The molecule has 0 spiro atoms. The van der Waals surface area contributed by atoms with Crippen LogP contribution in [0.2, 0.25) is 0 Å². The number of alkyl halides is 3. The summed E-state index contributed by atoms with van der Waals surface area (Å²) in [6, 6.07) is 17.2. The molecule has 1 fully saturated rings. The zero-order valence-electron chi connectivity index (χ0n) is 10.2. The van der Waals surface area contributed by atoms with Crippen LogP contribution in [0.4, 0.5) is 13.2 Å². The van der Waals surface area contributed by atoms with Crippen LogP contribution < -0.4 is 0 Å². The lowest BCUT2D eigenvalue weighted by Crippen LogP contribution is -2.30. The zero-order valence-corrected chi connectivity index (χ0v) is 10.2. The van der Waals surface area contributed by atoms with Crippen LogP contribution in [0.3, 0.4) is 0 Å². The average molecular weight is 262 g/mol. The molecule has 0 aliphatic heterocycles. The molecule has 2 aromatic rings. The molecule has 0 aromatic heterocycles. The molecule has 3 rings (SSSR count). The fourth-order valence-corrected chi connectivity index (χ4v) is 2.88. The standard InChI is InChI=1S/C16H13F3/c17-16(18,19)15(13-9-5-2-6-10-13)11-14(15)12-7-3-1-4-8-12/h1-10,14H,11H2/t14-,15-/m1/s1. The van der Waals surface area contributed by atoms with E-state index in [1.54, 1.807) is 54.6 Å². The van der Waals surface area contributed by atoms with Crippen molar-refractivity contribution in [1.29, 1.82) is 0 Å². The van der Waals surface area contributed by atoms with E-state index >= 15 is 0 Å². The topological polar surface area (TPSA) is 0 Å². The van der Waals surface area contributed by atoms with E-state index in [0.717, 1.165) is 5.56 Å². The van der Waals surface area contributed by atoms with Gasteiger partial charge >= 0.3 is 6.18 Å². The van der Waals surface area contributed by atoms with Gasteiger partial charge < -0.3 is 0 Å². The Kier molecular flexibility index (Phi) is 2.66. The second kappa shape index (κ2) is 4.12. The number of halogens is 3. The van der Waals surface area contributed by atoms with Gasteiger partial charge in [-0.15, -0.1) is 0 Å². The van der Waals surface area contributed by atoms with Crippen molar-refractivity contribution in [2.24, 2.45) is 0 Å². The van der Waals surface area contributed by atoms with Crippen molar-refractivity contribution in [3.05, 3.63) is 71.8 Å². The normalized spacial score (nSPS) is 26.2. The lowest BCUT2D eigenvalue weighted by molar-refractivity contribution is -0.162. The Morgan fingerprint density at radius 3 is 1.89 bits per heavy atom. The fourth-order valence-electron chi connectivity index (χ4n) is 2.88. The first kappa shape index (κ1) is 12.3. The molecule has 0 nitrogen and oxygen atoms in total. The van der Waals surface area contributed by atoms with Gasteiger partial charge in [0, 0.05) is 5.92 Å². The van der Waals surface area contributed by atoms with Crippen molar-refractivity contribution in [1.82, 2.24) is 0 Å². The molecule has 1 aliphatic carbocycles. The van der Waals surface area contributed by atoms with Gasteiger partial charge in [0.1, 0.15) is 0 Å². The Labute approximate surface area is 109 Å². The van der Waals surface area contributed by atoms with E-state index in [1.807, 2.05) is 6.07 Å². The molecule has 0 N–H and O–H groups in total. The molecule has 2 atom stereocenters. The smallest absolute Gasteiger partial charge is 0.170 e. The number of rotatable bonds is 2. The molecule has 0 heterocycles. The maximum atomic E-state index is 13.5. The van der Waals surface area contributed by atoms with E-state index in [1.165, 1.54) is 0 Å². The second-order valence-corrected chi connectivity index (χ2v) is 5.00. The first-order chi connectivity index (χ1) is 9.06. The van der Waals surface area contributed by atoms with Crippen molar-refractivity contribution in [2.45, 2.75) is 23.9 Å². The molecule has 0 amide bonds. The van der Waals surface area contributed by atoms with E-state index < -0.39 is 17.5 Å². The largest absolute Gasteiger partial charge is 0.399 e. The summed E-state index contributed by atoms with van der Waals surface area (Å²) in [6.07, 6.45) is -4.07. The summed E-state index contributed by atoms with van der Waals surface area (Å²) in [7, 11) is 0. The molecule has 1 saturated carbocycles. The molecule has 0 saturated heterocycles. The highest BCUT2D eigenvalue weighted by atomic mass is 19.4. The maximum Gasteiger partial charge on any atom is 0.399 e. The van der Waals surface area contributed by atoms with Crippen molar-refractivity contribution in [3.8, 4) is 0 Å². The van der Waals surface area contributed by atoms with Gasteiger partial charge in [0.05, 0.1) is 5.41 Å². The van der Waals surface area contributed by atoms with Gasteiger partial charge in [0.15, 0.2) is 0 Å². The van der Waals surface area contributed by atoms with Crippen LogP contribution in [-0.2, 0) is 5.41 Å². The molecular weight excluding hydrogens is 249 g/mol. The van der Waals surface area contributed by atoms with E-state index in [-0.39, 0.29) is 6.42 Å². The van der Waals surface area contributed by atoms with Crippen LogP contribution in [0, 0.1) is 0 Å². The van der Waals surface area contributed by atoms with Crippen molar-refractivity contribution >= 4 is 0 Å². The van der Waals surface area contributed by atoms with Crippen LogP contribution in [0.25, 0.3) is 0 Å². The number of benzene rings is 2. The lowest BCUT2D eigenvalue weighted by Gasteiger charge is -2.22. The summed E-state index contributed by atoms with van der Waals surface area (Å²) in [6.45, 7) is 0. The third kappa shape index (κ3) is 1.84. The SMILES string of the molecule is FC(F)(F)[C@@]1(c2ccccc2)C[C@@H]1c1ccccc1. The Morgan fingerprint density at radius 1 is 0.842 bits per heavy atom. The van der Waals surface area contributed by atoms with Gasteiger partial charge in [-0.2, -0.15) is 13.2 Å². The Hall–Kier alpha value is -1.77.